The van der Waals surface area contributed by atoms with Crippen LogP contribution in [0.2, 0.25) is 0 Å². The average molecular weight is 531 g/mol. The van der Waals surface area contributed by atoms with Gasteiger partial charge in [0.1, 0.15) is 11.5 Å². The van der Waals surface area contributed by atoms with Gasteiger partial charge in [0.05, 0.1) is 16.8 Å². The summed E-state index contributed by atoms with van der Waals surface area (Å²) < 4.78 is 60.2. The van der Waals surface area contributed by atoms with E-state index < -0.39 is 29.3 Å². The maximum atomic E-state index is 14.1. The number of alkyl halides is 3. The summed E-state index contributed by atoms with van der Waals surface area (Å²) in [4.78, 5) is 12.7. The van der Waals surface area contributed by atoms with Gasteiger partial charge in [0.25, 0.3) is 5.91 Å². The summed E-state index contributed by atoms with van der Waals surface area (Å²) in [6.45, 7) is 0. The maximum absolute atomic E-state index is 14.1. The summed E-state index contributed by atoms with van der Waals surface area (Å²) in [6, 6.07) is 8.84. The first-order chi connectivity index (χ1) is 14.1. The zero-order chi connectivity index (χ0) is 21.6. The summed E-state index contributed by atoms with van der Waals surface area (Å²) in [5, 5.41) is 9.81. The second kappa shape index (κ2) is 7.27. The molecule has 0 unspecified atom stereocenters. The predicted octanol–water partition coefficient (Wildman–Crippen LogP) is 4.61. The molecule has 0 radical (unpaired) electrons. The zero-order valence-corrected chi connectivity index (χ0v) is 16.8. The molecule has 1 amide bonds. The Bertz CT molecular complexity index is 1280. The van der Waals surface area contributed by atoms with Crippen molar-refractivity contribution in [3.63, 3.8) is 0 Å². The van der Waals surface area contributed by atoms with E-state index in [1.807, 2.05) is 22.6 Å². The third-order valence-corrected chi connectivity index (χ3v) is 4.81. The number of nitrogens with one attached hydrogen (secondary N) is 1. The summed E-state index contributed by atoms with van der Waals surface area (Å²) in [5.41, 5.74) is 4.02. The Balaban J connectivity index is 1.79. The third-order valence-electron chi connectivity index (χ3n) is 4.14. The van der Waals surface area contributed by atoms with Gasteiger partial charge in [-0.2, -0.15) is 18.3 Å². The predicted molar refractivity (Wildman–Crippen MR) is 108 cm³/mol. The largest absolute Gasteiger partial charge is 0.435 e. The van der Waals surface area contributed by atoms with E-state index >= 15 is 0 Å². The van der Waals surface area contributed by atoms with Gasteiger partial charge in [-0.15, -0.1) is 0 Å². The number of carbonyl (C=O) groups is 1. The van der Waals surface area contributed by atoms with E-state index in [4.69, 9.17) is 10.3 Å². The molecule has 4 aromatic rings. The van der Waals surface area contributed by atoms with Crippen molar-refractivity contribution < 1.29 is 26.9 Å². The van der Waals surface area contributed by atoms with Crippen LogP contribution in [0.15, 0.2) is 47.0 Å². The van der Waals surface area contributed by atoms with E-state index in [1.54, 1.807) is 6.07 Å². The molecule has 2 aromatic heterocycles. The molecule has 0 saturated heterocycles. The van der Waals surface area contributed by atoms with Gasteiger partial charge in [0.15, 0.2) is 17.1 Å². The van der Waals surface area contributed by atoms with Gasteiger partial charge in [-0.3, -0.25) is 4.79 Å². The molecule has 0 aliphatic heterocycles. The Hall–Kier alpha value is -3.16. The molecule has 30 heavy (non-hydrogen) atoms. The molecule has 7 nitrogen and oxygen atoms in total. The van der Waals surface area contributed by atoms with Crippen LogP contribution in [0.4, 0.5) is 29.1 Å². The number of hydrogen-bond donors (Lipinski definition) is 2. The molecule has 154 valence electrons. The van der Waals surface area contributed by atoms with Gasteiger partial charge in [-0.1, -0.05) is 5.16 Å². The van der Waals surface area contributed by atoms with Gasteiger partial charge < -0.3 is 15.6 Å². The van der Waals surface area contributed by atoms with E-state index in [1.165, 1.54) is 30.3 Å². The number of anilines is 2. The number of nitrogens with two attached hydrogens (primary N) is 1. The smallest absolute Gasteiger partial charge is 0.380 e. The monoisotopic (exact) mass is 531 g/mol. The van der Waals surface area contributed by atoms with Crippen LogP contribution in [0.5, 0.6) is 0 Å². The van der Waals surface area contributed by atoms with Crippen LogP contribution < -0.4 is 11.1 Å². The highest BCUT2D eigenvalue weighted by Gasteiger charge is 2.36. The fourth-order valence-corrected chi connectivity index (χ4v) is 3.19. The number of amides is 1. The lowest BCUT2D eigenvalue weighted by Gasteiger charge is -2.09. The van der Waals surface area contributed by atoms with Crippen LogP contribution in [0.25, 0.3) is 16.7 Å². The first-order valence-electron chi connectivity index (χ1n) is 8.22. The molecule has 0 bridgehead atoms. The van der Waals surface area contributed by atoms with Gasteiger partial charge in [-0.05, 0) is 52.9 Å². The zero-order valence-electron chi connectivity index (χ0n) is 14.7. The van der Waals surface area contributed by atoms with Crippen LogP contribution in [0.1, 0.15) is 16.2 Å². The first-order valence-corrected chi connectivity index (χ1v) is 9.30. The van der Waals surface area contributed by atoms with Crippen LogP contribution >= 0.6 is 22.6 Å². The molecule has 0 atom stereocenters. The normalized spacial score (nSPS) is 11.8. The van der Waals surface area contributed by atoms with Crippen LogP contribution in [-0.4, -0.2) is 20.8 Å². The molecule has 4 rings (SSSR count). The molecule has 0 fully saturated rings. The molecule has 12 heteroatoms. The Labute approximate surface area is 179 Å². The molecule has 2 aromatic carbocycles. The van der Waals surface area contributed by atoms with Crippen molar-refractivity contribution in [1.29, 1.82) is 0 Å². The van der Waals surface area contributed by atoms with Crippen LogP contribution in [0, 0.1) is 9.39 Å². The number of hydrogen-bond acceptors (Lipinski definition) is 5. The second-order valence-electron chi connectivity index (χ2n) is 6.15. The molecule has 0 aliphatic rings. The molecular weight excluding hydrogens is 521 g/mol. The fourth-order valence-electron chi connectivity index (χ4n) is 2.73. The number of nitrogen functional groups attached to an aromatic ring is 1. The average Bonchev–Trinajstić information content (AvgIpc) is 3.28. The Morgan fingerprint density at radius 3 is 2.63 bits per heavy atom. The van der Waals surface area contributed by atoms with Crippen LogP contribution in [0.3, 0.4) is 0 Å². The molecular formula is C18H10F4IN5O2. The minimum Gasteiger partial charge on any atom is -0.380 e. The SMILES string of the molecule is Nc1noc2cc(-n3nc(C(F)(F)F)cc3C(=O)Nc3ccc(I)cc3F)ccc12. The van der Waals surface area contributed by atoms with Crippen molar-refractivity contribution in [2.45, 2.75) is 6.18 Å². The first kappa shape index (κ1) is 20.1. The van der Waals surface area contributed by atoms with Crippen molar-refractivity contribution in [1.82, 2.24) is 14.9 Å². The lowest BCUT2D eigenvalue weighted by molar-refractivity contribution is -0.141. The second-order valence-corrected chi connectivity index (χ2v) is 7.40. The number of rotatable bonds is 3. The van der Waals surface area contributed by atoms with Gasteiger partial charge in [0, 0.05) is 15.7 Å². The third kappa shape index (κ3) is 3.69. The summed E-state index contributed by atoms with van der Waals surface area (Å²) >= 11 is 1.89. The highest BCUT2D eigenvalue weighted by atomic mass is 127. The van der Waals surface area contributed by atoms with E-state index in [-0.39, 0.29) is 22.8 Å². The van der Waals surface area contributed by atoms with Crippen molar-refractivity contribution in [2.24, 2.45) is 0 Å². The standard InChI is InChI=1S/C18H10F4IN5O2/c19-11-5-8(23)1-4-12(11)25-17(29)13-7-15(18(20,21)22)26-28(13)9-2-3-10-14(6-9)30-27-16(10)24/h1-7H,(H2,24,27)(H,25,29). The molecule has 0 spiro atoms. The number of fused-ring (bicyclic) bond motifs is 1. The molecule has 0 saturated carbocycles. The quantitative estimate of drug-likeness (QED) is 0.297. The number of benzene rings is 2. The number of aromatic nitrogens is 3. The van der Waals surface area contributed by atoms with Crippen LogP contribution in [-0.2, 0) is 6.18 Å². The highest BCUT2D eigenvalue weighted by molar-refractivity contribution is 14.1. The lowest BCUT2D eigenvalue weighted by atomic mass is 10.2. The summed E-state index contributed by atoms with van der Waals surface area (Å²) in [5.74, 6) is -1.59. The Kier molecular flexibility index (Phi) is 4.88. The minimum atomic E-state index is -4.80. The van der Waals surface area contributed by atoms with Crippen molar-refractivity contribution >= 4 is 51.0 Å². The summed E-state index contributed by atoms with van der Waals surface area (Å²) in [7, 11) is 0. The van der Waals surface area contributed by atoms with E-state index in [2.05, 4.69) is 15.6 Å². The molecule has 2 heterocycles. The van der Waals surface area contributed by atoms with Gasteiger partial charge in [-0.25, -0.2) is 9.07 Å². The van der Waals surface area contributed by atoms with E-state index in [0.717, 1.165) is 4.68 Å². The van der Waals surface area contributed by atoms with E-state index in [9.17, 15) is 22.4 Å². The Morgan fingerprint density at radius 1 is 1.17 bits per heavy atom. The molecule has 0 aliphatic carbocycles. The number of carbonyl (C=O) groups excluding carboxylic acids is 1. The van der Waals surface area contributed by atoms with Crippen molar-refractivity contribution in [2.75, 3.05) is 11.1 Å². The molecule has 3 N–H and O–H groups in total. The van der Waals surface area contributed by atoms with Gasteiger partial charge >= 0.3 is 6.18 Å². The topological polar surface area (TPSA) is 99.0 Å². The number of nitrogens with zero attached hydrogens (tertiary/aromatic N) is 3. The van der Waals surface area contributed by atoms with Crippen molar-refractivity contribution in [3.8, 4) is 5.69 Å². The lowest BCUT2D eigenvalue weighted by Crippen LogP contribution is -2.17. The fraction of sp³-hybridized carbons (Fsp3) is 0.0556. The maximum Gasteiger partial charge on any atom is 0.435 e. The number of halogens is 5. The Morgan fingerprint density at radius 2 is 1.93 bits per heavy atom. The highest BCUT2D eigenvalue weighted by Crippen LogP contribution is 2.31. The summed E-state index contributed by atoms with van der Waals surface area (Å²) in [6.07, 6.45) is -4.80. The van der Waals surface area contributed by atoms with E-state index in [0.29, 0.717) is 15.0 Å². The van der Waals surface area contributed by atoms with Crippen molar-refractivity contribution in [3.05, 3.63) is 63.2 Å². The minimum absolute atomic E-state index is 0.0994. The van der Waals surface area contributed by atoms with Gasteiger partial charge in [0.2, 0.25) is 0 Å².